The van der Waals surface area contributed by atoms with Gasteiger partial charge in [0.1, 0.15) is 5.76 Å². The molecule has 12 heavy (non-hydrogen) atoms. The average molecular weight is 168 g/mol. The summed E-state index contributed by atoms with van der Waals surface area (Å²) in [7, 11) is 0. The monoisotopic (exact) mass is 168 g/mol. The molecule has 0 aliphatic carbocycles. The Morgan fingerprint density at radius 2 is 2.33 bits per heavy atom. The third kappa shape index (κ3) is 3.55. The zero-order valence-corrected chi connectivity index (χ0v) is 7.63. The number of nitrogens with two attached hydrogens (primary N) is 1. The van der Waals surface area contributed by atoms with Gasteiger partial charge in [-0.1, -0.05) is 0 Å². The third-order valence-corrected chi connectivity index (χ3v) is 1.46. The van der Waals surface area contributed by atoms with Crippen molar-refractivity contribution in [2.75, 3.05) is 6.54 Å². The van der Waals surface area contributed by atoms with Crippen molar-refractivity contribution >= 4 is 0 Å². The van der Waals surface area contributed by atoms with Crippen molar-refractivity contribution in [2.45, 2.75) is 25.9 Å². The Balaban J connectivity index is 2.20. The van der Waals surface area contributed by atoms with Crippen LogP contribution in [-0.4, -0.2) is 12.1 Å². The zero-order valence-electron chi connectivity index (χ0n) is 7.63. The van der Waals surface area contributed by atoms with Crippen molar-refractivity contribution in [3.05, 3.63) is 24.2 Å². The Labute approximate surface area is 72.9 Å². The van der Waals surface area contributed by atoms with Crippen molar-refractivity contribution in [1.29, 1.82) is 0 Å². The van der Waals surface area contributed by atoms with Crippen molar-refractivity contribution in [2.24, 2.45) is 5.73 Å². The molecule has 1 rings (SSSR count). The van der Waals surface area contributed by atoms with Crippen LogP contribution >= 0.6 is 0 Å². The summed E-state index contributed by atoms with van der Waals surface area (Å²) in [5, 5.41) is 3.21. The second-order valence-corrected chi connectivity index (χ2v) is 3.67. The molecular formula is C9H16N2O. The molecule has 0 saturated carbocycles. The van der Waals surface area contributed by atoms with Crippen LogP contribution in [0.15, 0.2) is 22.8 Å². The van der Waals surface area contributed by atoms with E-state index in [0.29, 0.717) is 0 Å². The fourth-order valence-electron chi connectivity index (χ4n) is 0.921. The van der Waals surface area contributed by atoms with Gasteiger partial charge in [0.25, 0.3) is 0 Å². The molecule has 0 aromatic carbocycles. The highest BCUT2D eigenvalue weighted by Crippen LogP contribution is 1.99. The molecule has 0 radical (unpaired) electrons. The molecule has 0 bridgehead atoms. The minimum atomic E-state index is -0.160. The third-order valence-electron chi connectivity index (χ3n) is 1.46. The predicted octanol–water partition coefficient (Wildman–Crippen LogP) is 1.11. The Morgan fingerprint density at radius 3 is 2.83 bits per heavy atom. The van der Waals surface area contributed by atoms with E-state index in [-0.39, 0.29) is 5.54 Å². The molecule has 1 heterocycles. The van der Waals surface area contributed by atoms with E-state index < -0.39 is 0 Å². The van der Waals surface area contributed by atoms with Crippen molar-refractivity contribution in [3.8, 4) is 0 Å². The Bertz CT molecular complexity index is 211. The van der Waals surface area contributed by atoms with Gasteiger partial charge in [-0.3, -0.25) is 0 Å². The van der Waals surface area contributed by atoms with E-state index in [4.69, 9.17) is 10.2 Å². The van der Waals surface area contributed by atoms with Crippen molar-refractivity contribution in [3.63, 3.8) is 0 Å². The summed E-state index contributed by atoms with van der Waals surface area (Å²) in [6.45, 7) is 5.51. The van der Waals surface area contributed by atoms with Crippen LogP contribution in [0, 0.1) is 0 Å². The molecule has 0 saturated heterocycles. The lowest BCUT2D eigenvalue weighted by Crippen LogP contribution is -2.42. The van der Waals surface area contributed by atoms with Gasteiger partial charge in [0.2, 0.25) is 0 Å². The first-order valence-corrected chi connectivity index (χ1v) is 4.10. The quantitative estimate of drug-likeness (QED) is 0.708. The molecule has 68 valence electrons. The predicted molar refractivity (Wildman–Crippen MR) is 48.7 cm³/mol. The lowest BCUT2D eigenvalue weighted by molar-refractivity contribution is 0.432. The van der Waals surface area contributed by atoms with Crippen molar-refractivity contribution < 1.29 is 4.42 Å². The molecule has 3 N–H and O–H groups in total. The maximum Gasteiger partial charge on any atom is 0.117 e. The summed E-state index contributed by atoms with van der Waals surface area (Å²) in [6, 6.07) is 3.82. The largest absolute Gasteiger partial charge is 0.468 e. The minimum absolute atomic E-state index is 0.160. The van der Waals surface area contributed by atoms with Gasteiger partial charge < -0.3 is 15.5 Å². The van der Waals surface area contributed by atoms with Gasteiger partial charge in [0, 0.05) is 12.1 Å². The molecule has 1 aromatic heterocycles. The van der Waals surface area contributed by atoms with E-state index in [1.54, 1.807) is 6.26 Å². The van der Waals surface area contributed by atoms with E-state index in [9.17, 15) is 0 Å². The molecule has 0 amide bonds. The van der Waals surface area contributed by atoms with Gasteiger partial charge >= 0.3 is 0 Å². The minimum Gasteiger partial charge on any atom is -0.468 e. The molecule has 3 heteroatoms. The SMILES string of the molecule is CC(C)(N)CNCc1ccco1. The maximum atomic E-state index is 5.78. The first-order valence-electron chi connectivity index (χ1n) is 4.10. The molecule has 0 spiro atoms. The zero-order chi connectivity index (χ0) is 9.03. The molecule has 0 fully saturated rings. The summed E-state index contributed by atoms with van der Waals surface area (Å²) in [4.78, 5) is 0. The van der Waals surface area contributed by atoms with Gasteiger partial charge in [-0.2, -0.15) is 0 Å². The molecular weight excluding hydrogens is 152 g/mol. The lowest BCUT2D eigenvalue weighted by atomic mass is 10.1. The summed E-state index contributed by atoms with van der Waals surface area (Å²) in [6.07, 6.45) is 1.67. The first-order chi connectivity index (χ1) is 5.58. The Morgan fingerprint density at radius 1 is 1.58 bits per heavy atom. The molecule has 1 aromatic rings. The maximum absolute atomic E-state index is 5.78. The first kappa shape index (κ1) is 9.29. The molecule has 0 aliphatic rings. The van der Waals surface area contributed by atoms with Crippen LogP contribution in [0.1, 0.15) is 19.6 Å². The van der Waals surface area contributed by atoms with E-state index in [0.717, 1.165) is 18.8 Å². The highest BCUT2D eigenvalue weighted by molar-refractivity contribution is 4.97. The van der Waals surface area contributed by atoms with E-state index in [2.05, 4.69) is 5.32 Å². The number of nitrogens with one attached hydrogen (secondary N) is 1. The van der Waals surface area contributed by atoms with Crippen LogP contribution in [0.3, 0.4) is 0 Å². The normalized spacial score (nSPS) is 11.9. The van der Waals surface area contributed by atoms with Crippen LogP contribution < -0.4 is 11.1 Å². The van der Waals surface area contributed by atoms with E-state index >= 15 is 0 Å². The highest BCUT2D eigenvalue weighted by Gasteiger charge is 2.09. The lowest BCUT2D eigenvalue weighted by Gasteiger charge is -2.18. The number of hydrogen-bond acceptors (Lipinski definition) is 3. The second kappa shape index (κ2) is 3.74. The Hall–Kier alpha value is -0.800. The summed E-state index contributed by atoms with van der Waals surface area (Å²) >= 11 is 0. The molecule has 0 atom stereocenters. The van der Waals surface area contributed by atoms with Gasteiger partial charge in [-0.05, 0) is 26.0 Å². The van der Waals surface area contributed by atoms with Gasteiger partial charge in [0.05, 0.1) is 12.8 Å². The smallest absolute Gasteiger partial charge is 0.117 e. The van der Waals surface area contributed by atoms with Gasteiger partial charge in [0.15, 0.2) is 0 Å². The van der Waals surface area contributed by atoms with Crippen LogP contribution in [0.25, 0.3) is 0 Å². The average Bonchev–Trinajstić information content (AvgIpc) is 2.36. The summed E-state index contributed by atoms with van der Waals surface area (Å²) < 4.78 is 5.14. The summed E-state index contributed by atoms with van der Waals surface area (Å²) in [5.41, 5.74) is 5.62. The number of hydrogen-bond donors (Lipinski definition) is 2. The van der Waals surface area contributed by atoms with Gasteiger partial charge in [-0.25, -0.2) is 0 Å². The molecule has 0 unspecified atom stereocenters. The van der Waals surface area contributed by atoms with E-state index in [1.165, 1.54) is 0 Å². The Kier molecular flexibility index (Phi) is 2.89. The van der Waals surface area contributed by atoms with Gasteiger partial charge in [-0.15, -0.1) is 0 Å². The number of rotatable bonds is 4. The fraction of sp³-hybridized carbons (Fsp3) is 0.556. The van der Waals surface area contributed by atoms with Crippen LogP contribution in [-0.2, 0) is 6.54 Å². The van der Waals surface area contributed by atoms with Crippen LogP contribution in [0.2, 0.25) is 0 Å². The summed E-state index contributed by atoms with van der Waals surface area (Å²) in [5.74, 6) is 0.944. The number of furan rings is 1. The van der Waals surface area contributed by atoms with Crippen molar-refractivity contribution in [1.82, 2.24) is 5.32 Å². The standard InChI is InChI=1S/C9H16N2O/c1-9(2,10)7-11-6-8-4-3-5-12-8/h3-5,11H,6-7,10H2,1-2H3. The topological polar surface area (TPSA) is 51.2 Å². The highest BCUT2D eigenvalue weighted by atomic mass is 16.3. The molecule has 3 nitrogen and oxygen atoms in total. The fourth-order valence-corrected chi connectivity index (χ4v) is 0.921. The van der Waals surface area contributed by atoms with E-state index in [1.807, 2.05) is 26.0 Å². The second-order valence-electron chi connectivity index (χ2n) is 3.67. The van der Waals surface area contributed by atoms with Crippen LogP contribution in [0.5, 0.6) is 0 Å². The van der Waals surface area contributed by atoms with Crippen LogP contribution in [0.4, 0.5) is 0 Å². The molecule has 0 aliphatic heterocycles.